The van der Waals surface area contributed by atoms with Crippen LogP contribution in [0.5, 0.6) is 0 Å². The average Bonchev–Trinajstić information content (AvgIpc) is 3.51. The summed E-state index contributed by atoms with van der Waals surface area (Å²) in [4.78, 5) is 64.8. The van der Waals surface area contributed by atoms with Gasteiger partial charge in [-0.15, -0.1) is 0 Å². The normalized spacial score (nSPS) is 18.4. The molecule has 37 heavy (non-hydrogen) atoms. The van der Waals surface area contributed by atoms with Crippen LogP contribution in [-0.4, -0.2) is 81.6 Å². The first-order chi connectivity index (χ1) is 17.6. The molecule has 1 fully saturated rings. The van der Waals surface area contributed by atoms with Crippen molar-refractivity contribution in [3.05, 3.63) is 36.0 Å². The second kappa shape index (κ2) is 12.3. The van der Waals surface area contributed by atoms with Gasteiger partial charge in [-0.3, -0.25) is 19.2 Å². The summed E-state index contributed by atoms with van der Waals surface area (Å²) in [5.74, 6) is -4.53. The lowest BCUT2D eigenvalue weighted by Gasteiger charge is -2.26. The zero-order chi connectivity index (χ0) is 27.1. The van der Waals surface area contributed by atoms with E-state index in [1.807, 2.05) is 18.2 Å². The number of nitrogens with one attached hydrogen (secondary N) is 5. The third-order valence-corrected chi connectivity index (χ3v) is 6.19. The number of para-hydroxylation sites is 1. The maximum absolute atomic E-state index is 13.0. The van der Waals surface area contributed by atoms with E-state index in [1.54, 1.807) is 12.3 Å². The highest BCUT2D eigenvalue weighted by atomic mass is 16.4. The number of primary amides is 1. The Morgan fingerprint density at radius 3 is 2.43 bits per heavy atom. The fourth-order valence-electron chi connectivity index (χ4n) is 4.23. The molecule has 200 valence electrons. The summed E-state index contributed by atoms with van der Waals surface area (Å²) in [7, 11) is 0. The van der Waals surface area contributed by atoms with Gasteiger partial charge in [0.15, 0.2) is 0 Å². The highest BCUT2D eigenvalue weighted by molar-refractivity contribution is 5.96. The second-order valence-electron chi connectivity index (χ2n) is 9.07. The van der Waals surface area contributed by atoms with Crippen LogP contribution in [-0.2, 0) is 30.4 Å². The van der Waals surface area contributed by atoms with E-state index in [2.05, 4.69) is 26.3 Å². The summed E-state index contributed by atoms with van der Waals surface area (Å²) >= 11 is 0. The minimum absolute atomic E-state index is 0.0552. The van der Waals surface area contributed by atoms with Gasteiger partial charge in [0, 0.05) is 23.5 Å². The van der Waals surface area contributed by atoms with Crippen LogP contribution < -0.4 is 27.0 Å². The number of amides is 4. The molecule has 2 heterocycles. The molecule has 1 aromatic carbocycles. The molecule has 1 aliphatic heterocycles. The number of nitrogens with two attached hydrogens (primary N) is 1. The predicted molar refractivity (Wildman–Crippen MR) is 132 cm³/mol. The summed E-state index contributed by atoms with van der Waals surface area (Å²) in [6, 6.07) is 2.44. The molecule has 1 aromatic heterocycles. The van der Waals surface area contributed by atoms with E-state index < -0.39 is 66.3 Å². The van der Waals surface area contributed by atoms with Crippen LogP contribution in [0.25, 0.3) is 10.9 Å². The summed E-state index contributed by atoms with van der Waals surface area (Å²) in [5.41, 5.74) is 6.69. The van der Waals surface area contributed by atoms with Gasteiger partial charge >= 0.3 is 5.97 Å². The Balaban J connectivity index is 1.70. The second-order valence-corrected chi connectivity index (χ2v) is 9.07. The lowest BCUT2D eigenvalue weighted by atomic mass is 10.0. The van der Waals surface area contributed by atoms with Crippen LogP contribution in [0.3, 0.4) is 0 Å². The number of aliphatic hydroxyl groups excluding tert-OH is 1. The highest BCUT2D eigenvalue weighted by Gasteiger charge is 2.34. The van der Waals surface area contributed by atoms with Crippen LogP contribution in [0.1, 0.15) is 31.7 Å². The number of aromatic nitrogens is 1. The molecule has 0 radical (unpaired) electrons. The average molecular weight is 517 g/mol. The van der Waals surface area contributed by atoms with Gasteiger partial charge in [-0.25, -0.2) is 4.79 Å². The number of aromatic amines is 1. The number of benzene rings is 1. The van der Waals surface area contributed by atoms with Crippen LogP contribution in [0.2, 0.25) is 0 Å². The van der Waals surface area contributed by atoms with E-state index in [0.717, 1.165) is 17.3 Å². The van der Waals surface area contributed by atoms with E-state index >= 15 is 0 Å². The van der Waals surface area contributed by atoms with Crippen LogP contribution >= 0.6 is 0 Å². The summed E-state index contributed by atoms with van der Waals surface area (Å²) in [5, 5.41) is 30.8. The molecule has 13 nitrogen and oxygen atoms in total. The molecule has 13 heteroatoms. The van der Waals surface area contributed by atoms with Crippen molar-refractivity contribution < 1.29 is 34.2 Å². The van der Waals surface area contributed by atoms with Crippen molar-refractivity contribution >= 4 is 40.5 Å². The van der Waals surface area contributed by atoms with Gasteiger partial charge in [0.1, 0.15) is 18.1 Å². The van der Waals surface area contributed by atoms with Gasteiger partial charge in [-0.2, -0.15) is 0 Å². The molecule has 0 spiro atoms. The molecule has 1 saturated heterocycles. The van der Waals surface area contributed by atoms with Gasteiger partial charge < -0.3 is 42.2 Å². The number of carboxylic acid groups (broad SMARTS) is 1. The van der Waals surface area contributed by atoms with Crippen molar-refractivity contribution in [2.45, 2.75) is 62.9 Å². The first-order valence-electron chi connectivity index (χ1n) is 12.0. The standard InChI is InChI=1S/C24H32N6O7/c1-12(31)20(30-22(34)17(10-19(25)32)28-21(33)16-7-4-8-26-16)23(35)29-18(24(36)37)9-13-11-27-15-6-3-2-5-14(13)15/h2-3,5-6,11-12,16-18,20,26-27,31H,4,7-10H2,1H3,(H2,25,32)(H,28,33)(H,29,35)(H,30,34)(H,36,37). The van der Waals surface area contributed by atoms with Crippen molar-refractivity contribution in [3.8, 4) is 0 Å². The molecule has 5 unspecified atom stereocenters. The molecule has 9 N–H and O–H groups in total. The molecule has 2 aromatic rings. The van der Waals surface area contributed by atoms with Gasteiger partial charge in [-0.05, 0) is 37.9 Å². The third-order valence-electron chi connectivity index (χ3n) is 6.19. The van der Waals surface area contributed by atoms with Crippen molar-refractivity contribution in [1.82, 2.24) is 26.3 Å². The molecule has 0 bridgehead atoms. The smallest absolute Gasteiger partial charge is 0.326 e. The van der Waals surface area contributed by atoms with E-state index in [-0.39, 0.29) is 6.42 Å². The summed E-state index contributed by atoms with van der Waals surface area (Å²) in [6.07, 6.45) is 0.974. The summed E-state index contributed by atoms with van der Waals surface area (Å²) < 4.78 is 0. The maximum atomic E-state index is 13.0. The molecule has 3 rings (SSSR count). The Morgan fingerprint density at radius 1 is 1.08 bits per heavy atom. The zero-order valence-electron chi connectivity index (χ0n) is 20.3. The van der Waals surface area contributed by atoms with Crippen molar-refractivity contribution in [2.75, 3.05) is 6.54 Å². The van der Waals surface area contributed by atoms with E-state index in [0.29, 0.717) is 18.5 Å². The number of carbonyl (C=O) groups excluding carboxylic acids is 4. The predicted octanol–water partition coefficient (Wildman–Crippen LogP) is -1.74. The first-order valence-corrected chi connectivity index (χ1v) is 12.0. The number of rotatable bonds is 12. The summed E-state index contributed by atoms with van der Waals surface area (Å²) in [6.45, 7) is 1.88. The van der Waals surface area contributed by atoms with Gasteiger partial charge in [0.05, 0.1) is 18.6 Å². The zero-order valence-corrected chi connectivity index (χ0v) is 20.3. The molecular weight excluding hydrogens is 484 g/mol. The minimum atomic E-state index is -1.56. The Morgan fingerprint density at radius 2 is 1.81 bits per heavy atom. The van der Waals surface area contributed by atoms with E-state index in [1.165, 1.54) is 6.92 Å². The fraction of sp³-hybridized carbons (Fsp3) is 0.458. The Bertz CT molecular complexity index is 1160. The number of aliphatic hydroxyl groups is 1. The van der Waals surface area contributed by atoms with Crippen molar-refractivity contribution in [1.29, 1.82) is 0 Å². The lowest BCUT2D eigenvalue weighted by Crippen LogP contribution is -2.60. The van der Waals surface area contributed by atoms with Crippen LogP contribution in [0, 0.1) is 0 Å². The van der Waals surface area contributed by atoms with Crippen LogP contribution in [0.15, 0.2) is 30.5 Å². The van der Waals surface area contributed by atoms with E-state index in [4.69, 9.17) is 5.73 Å². The Hall–Kier alpha value is -3.97. The third kappa shape index (κ3) is 7.27. The lowest BCUT2D eigenvalue weighted by molar-refractivity contribution is -0.143. The quantitative estimate of drug-likeness (QED) is 0.162. The topological polar surface area (TPSA) is 216 Å². The van der Waals surface area contributed by atoms with E-state index in [9.17, 15) is 34.2 Å². The van der Waals surface area contributed by atoms with Gasteiger partial charge in [-0.1, -0.05) is 18.2 Å². The number of H-pyrrole nitrogens is 1. The molecule has 0 aliphatic carbocycles. The largest absolute Gasteiger partial charge is 0.480 e. The van der Waals surface area contributed by atoms with Gasteiger partial charge in [0.2, 0.25) is 23.6 Å². The van der Waals surface area contributed by atoms with Crippen molar-refractivity contribution in [2.24, 2.45) is 5.73 Å². The number of aliphatic carboxylic acids is 1. The molecular formula is C24H32N6O7. The number of hydrogen-bond donors (Lipinski definition) is 8. The molecule has 1 aliphatic rings. The van der Waals surface area contributed by atoms with Crippen molar-refractivity contribution in [3.63, 3.8) is 0 Å². The number of hydrogen-bond acceptors (Lipinski definition) is 7. The van der Waals surface area contributed by atoms with Crippen LogP contribution in [0.4, 0.5) is 0 Å². The monoisotopic (exact) mass is 516 g/mol. The minimum Gasteiger partial charge on any atom is -0.480 e. The molecule has 5 atom stereocenters. The maximum Gasteiger partial charge on any atom is 0.326 e. The highest BCUT2D eigenvalue weighted by Crippen LogP contribution is 2.19. The Kier molecular flexibility index (Phi) is 9.20. The Labute approximate surface area is 212 Å². The molecule has 0 saturated carbocycles. The first kappa shape index (κ1) is 27.6. The fourth-order valence-corrected chi connectivity index (χ4v) is 4.23. The van der Waals surface area contributed by atoms with Gasteiger partial charge in [0.25, 0.3) is 0 Å². The number of fused-ring (bicyclic) bond motifs is 1. The molecule has 4 amide bonds. The number of carbonyl (C=O) groups is 5. The number of carboxylic acids is 1. The SMILES string of the molecule is CC(O)C(NC(=O)C(CC(N)=O)NC(=O)C1CCCN1)C(=O)NC(Cc1c[nH]c2ccccc12)C(=O)O.